The minimum absolute atomic E-state index is 0.392. The van der Waals surface area contributed by atoms with Gasteiger partial charge in [-0.2, -0.15) is 4.89 Å². The van der Waals surface area contributed by atoms with Crippen molar-refractivity contribution in [1.29, 1.82) is 0 Å². The Morgan fingerprint density at radius 1 is 1.29 bits per heavy atom. The molecule has 0 aliphatic rings. The Morgan fingerprint density at radius 3 is 2.59 bits per heavy atom. The maximum Gasteiger partial charge on any atom is 0.373 e. The van der Waals surface area contributed by atoms with E-state index in [9.17, 15) is 4.79 Å². The first-order valence-electron chi connectivity index (χ1n) is 6.00. The number of rotatable bonds is 7. The minimum atomic E-state index is -0.447. The Labute approximate surface area is 103 Å². The van der Waals surface area contributed by atoms with Gasteiger partial charge in [-0.1, -0.05) is 38.8 Å². The van der Waals surface area contributed by atoms with Crippen LogP contribution < -0.4 is 0 Å². The number of carbonyl (C=O) groups is 1. The maximum atomic E-state index is 11.5. The summed E-state index contributed by atoms with van der Waals surface area (Å²) in [6, 6.07) is 7.40. The van der Waals surface area contributed by atoms with E-state index in [1.54, 1.807) is 12.1 Å². The highest BCUT2D eigenvalue weighted by atomic mass is 17.2. The zero-order chi connectivity index (χ0) is 12.5. The molecular weight excluding hydrogens is 216 g/mol. The first-order chi connectivity index (χ1) is 8.27. The van der Waals surface area contributed by atoms with Crippen LogP contribution >= 0.6 is 0 Å². The smallest absolute Gasteiger partial charge is 0.293 e. The predicted molar refractivity (Wildman–Crippen MR) is 66.4 cm³/mol. The third-order valence-corrected chi connectivity index (χ3v) is 2.34. The summed E-state index contributed by atoms with van der Waals surface area (Å²) in [5, 5.41) is 0. The largest absolute Gasteiger partial charge is 0.373 e. The Hall–Kier alpha value is -1.35. The number of hydrogen-bond acceptors (Lipinski definition) is 3. The third-order valence-electron chi connectivity index (χ3n) is 2.34. The number of benzene rings is 1. The van der Waals surface area contributed by atoms with Crippen LogP contribution in [-0.2, 0) is 16.2 Å². The van der Waals surface area contributed by atoms with Crippen molar-refractivity contribution in [2.75, 3.05) is 6.61 Å². The fraction of sp³-hybridized carbons (Fsp3) is 0.429. The zero-order valence-electron chi connectivity index (χ0n) is 10.3. The molecule has 3 heteroatoms. The van der Waals surface area contributed by atoms with Gasteiger partial charge in [0.05, 0.1) is 12.2 Å². The van der Waals surface area contributed by atoms with E-state index >= 15 is 0 Å². The Bertz CT molecular complexity index is 330. The Kier molecular flexibility index (Phi) is 6.33. The van der Waals surface area contributed by atoms with Crippen LogP contribution in [0.2, 0.25) is 0 Å². The van der Waals surface area contributed by atoms with Crippen LogP contribution in [0, 0.1) is 6.92 Å². The van der Waals surface area contributed by atoms with Crippen LogP contribution in [-0.4, -0.2) is 12.6 Å². The maximum absolute atomic E-state index is 11.5. The summed E-state index contributed by atoms with van der Waals surface area (Å²) in [5.41, 5.74) is 1.74. The molecule has 0 unspecified atom stereocenters. The fourth-order valence-corrected chi connectivity index (χ4v) is 1.40. The van der Waals surface area contributed by atoms with Crippen molar-refractivity contribution in [1.82, 2.24) is 0 Å². The highest BCUT2D eigenvalue weighted by molar-refractivity contribution is 5.88. The van der Waals surface area contributed by atoms with Gasteiger partial charge in [-0.25, -0.2) is 4.79 Å². The molecule has 0 spiro atoms. The molecule has 1 radical (unpaired) electrons. The Morgan fingerprint density at radius 2 is 2.00 bits per heavy atom. The number of hydrogen-bond donors (Lipinski definition) is 0. The van der Waals surface area contributed by atoms with Crippen molar-refractivity contribution in [3.8, 4) is 0 Å². The zero-order valence-corrected chi connectivity index (χ0v) is 10.3. The van der Waals surface area contributed by atoms with Crippen LogP contribution in [0.15, 0.2) is 24.3 Å². The number of unbranched alkanes of at least 4 members (excludes halogenated alkanes) is 1. The first-order valence-corrected chi connectivity index (χ1v) is 6.00. The molecule has 93 valence electrons. The van der Waals surface area contributed by atoms with Gasteiger partial charge < -0.3 is 0 Å². The number of aryl methyl sites for hydroxylation is 1. The van der Waals surface area contributed by atoms with Gasteiger partial charge in [-0.15, -0.1) is 0 Å². The van der Waals surface area contributed by atoms with Crippen molar-refractivity contribution in [3.05, 3.63) is 42.3 Å². The summed E-state index contributed by atoms with van der Waals surface area (Å²) in [4.78, 5) is 21.0. The van der Waals surface area contributed by atoms with E-state index in [1.165, 1.54) is 5.56 Å². The fourth-order valence-electron chi connectivity index (χ4n) is 1.40. The molecule has 0 saturated carbocycles. The molecule has 0 fully saturated rings. The lowest BCUT2D eigenvalue weighted by Gasteiger charge is -2.04. The first kappa shape index (κ1) is 13.7. The molecule has 1 aromatic rings. The van der Waals surface area contributed by atoms with Crippen LogP contribution in [0.3, 0.4) is 0 Å². The van der Waals surface area contributed by atoms with Gasteiger partial charge in [0.2, 0.25) is 0 Å². The lowest BCUT2D eigenvalue weighted by Crippen LogP contribution is -2.07. The topological polar surface area (TPSA) is 35.5 Å². The summed E-state index contributed by atoms with van der Waals surface area (Å²) in [5.74, 6) is -0.447. The SMILES string of the molecule is [CH2]CCCOOC(=O)c1ccc(CCC)cc1. The molecule has 0 atom stereocenters. The molecule has 1 rings (SSSR count). The molecule has 0 amide bonds. The summed E-state index contributed by atoms with van der Waals surface area (Å²) in [7, 11) is 0. The van der Waals surface area contributed by atoms with Crippen molar-refractivity contribution in [2.24, 2.45) is 0 Å². The number of carbonyl (C=O) groups excluding carboxylic acids is 1. The monoisotopic (exact) mass is 235 g/mol. The Balaban J connectivity index is 2.40. The second-order valence-electron chi connectivity index (χ2n) is 3.85. The standard InChI is InChI=1S/C14H19O3/c1-3-5-11-16-17-14(15)13-9-7-12(6-4-2)8-10-13/h7-10H,1,3-6,11H2,2H3. The molecule has 0 aliphatic carbocycles. The predicted octanol–water partition coefficient (Wildman–Crippen LogP) is 3.34. The van der Waals surface area contributed by atoms with E-state index in [-0.39, 0.29) is 0 Å². The third kappa shape index (κ3) is 5.00. The van der Waals surface area contributed by atoms with Gasteiger partial charge in [0.15, 0.2) is 0 Å². The van der Waals surface area contributed by atoms with E-state index in [4.69, 9.17) is 4.89 Å². The van der Waals surface area contributed by atoms with Crippen molar-refractivity contribution in [2.45, 2.75) is 32.6 Å². The molecule has 0 aliphatic heterocycles. The van der Waals surface area contributed by atoms with Crippen LogP contribution in [0.25, 0.3) is 0 Å². The lowest BCUT2D eigenvalue weighted by atomic mass is 10.1. The second kappa shape index (κ2) is 7.85. The second-order valence-corrected chi connectivity index (χ2v) is 3.85. The van der Waals surface area contributed by atoms with Gasteiger partial charge in [0, 0.05) is 0 Å². The molecule has 0 bridgehead atoms. The van der Waals surface area contributed by atoms with E-state index in [0.29, 0.717) is 12.2 Å². The molecule has 3 nitrogen and oxygen atoms in total. The van der Waals surface area contributed by atoms with E-state index in [2.05, 4.69) is 18.7 Å². The van der Waals surface area contributed by atoms with E-state index in [0.717, 1.165) is 25.7 Å². The normalized spacial score (nSPS) is 10.2. The van der Waals surface area contributed by atoms with Crippen molar-refractivity contribution in [3.63, 3.8) is 0 Å². The molecule has 0 heterocycles. The molecule has 0 aromatic heterocycles. The van der Waals surface area contributed by atoms with E-state index < -0.39 is 5.97 Å². The van der Waals surface area contributed by atoms with Gasteiger partial charge in [-0.05, 0) is 30.5 Å². The van der Waals surface area contributed by atoms with Gasteiger partial charge >= 0.3 is 5.97 Å². The van der Waals surface area contributed by atoms with E-state index in [1.807, 2.05) is 12.1 Å². The van der Waals surface area contributed by atoms with Crippen LogP contribution in [0.4, 0.5) is 0 Å². The van der Waals surface area contributed by atoms with Gasteiger partial charge in [0.25, 0.3) is 0 Å². The summed E-state index contributed by atoms with van der Waals surface area (Å²) in [6.07, 6.45) is 3.67. The summed E-state index contributed by atoms with van der Waals surface area (Å²) in [6.45, 7) is 6.18. The molecule has 17 heavy (non-hydrogen) atoms. The molecule has 1 aromatic carbocycles. The van der Waals surface area contributed by atoms with Gasteiger partial charge in [-0.3, -0.25) is 4.89 Å². The van der Waals surface area contributed by atoms with Crippen LogP contribution in [0.5, 0.6) is 0 Å². The molecule has 0 saturated heterocycles. The average molecular weight is 235 g/mol. The highest BCUT2D eigenvalue weighted by Crippen LogP contribution is 2.08. The highest BCUT2D eigenvalue weighted by Gasteiger charge is 2.07. The quantitative estimate of drug-likeness (QED) is 0.413. The summed E-state index contributed by atoms with van der Waals surface area (Å²) >= 11 is 0. The molecular formula is C14H19O3. The lowest BCUT2D eigenvalue weighted by molar-refractivity contribution is -0.241. The minimum Gasteiger partial charge on any atom is -0.293 e. The summed E-state index contributed by atoms with van der Waals surface area (Å²) < 4.78 is 0. The van der Waals surface area contributed by atoms with Crippen molar-refractivity contribution < 1.29 is 14.6 Å². The van der Waals surface area contributed by atoms with Crippen molar-refractivity contribution >= 4 is 5.97 Å². The van der Waals surface area contributed by atoms with Crippen LogP contribution in [0.1, 0.15) is 42.1 Å². The molecule has 0 N–H and O–H groups in total. The average Bonchev–Trinajstić information content (AvgIpc) is 2.36. The van der Waals surface area contributed by atoms with Gasteiger partial charge in [0.1, 0.15) is 0 Å².